The van der Waals surface area contributed by atoms with Crippen LogP contribution >= 0.6 is 0 Å². The van der Waals surface area contributed by atoms with Gasteiger partial charge in [0.1, 0.15) is 11.4 Å². The van der Waals surface area contributed by atoms with E-state index in [1.807, 2.05) is 80.3 Å². The highest BCUT2D eigenvalue weighted by Gasteiger charge is 2.45. The lowest BCUT2D eigenvalue weighted by Gasteiger charge is -2.42. The number of para-hydroxylation sites is 1. The predicted octanol–water partition coefficient (Wildman–Crippen LogP) is 5.14. The zero-order valence-corrected chi connectivity index (χ0v) is 18.7. The topological polar surface area (TPSA) is 70.0 Å². The number of benzene rings is 2. The molecule has 31 heavy (non-hydrogen) atoms. The van der Waals surface area contributed by atoms with Gasteiger partial charge in [0.2, 0.25) is 0 Å². The number of carbonyl (C=O) groups is 1. The van der Waals surface area contributed by atoms with Crippen molar-refractivity contribution in [1.29, 1.82) is 0 Å². The fraction of sp³-hybridized carbons (Fsp3) is 0.423. The summed E-state index contributed by atoms with van der Waals surface area (Å²) in [6, 6.07) is 17.4. The van der Waals surface area contributed by atoms with Crippen LogP contribution in [-0.4, -0.2) is 28.3 Å². The Hall–Kier alpha value is -2.79. The van der Waals surface area contributed by atoms with Gasteiger partial charge in [-0.15, -0.1) is 0 Å². The van der Waals surface area contributed by atoms with Crippen LogP contribution in [0.3, 0.4) is 0 Å². The number of hydrogen-bond donors (Lipinski definition) is 2. The average molecular weight is 424 g/mol. The number of nitrogens with zero attached hydrogens (tertiary/aromatic N) is 1. The Kier molecular flexibility index (Phi) is 7.39. The summed E-state index contributed by atoms with van der Waals surface area (Å²) in [6.07, 6.45) is 2.33. The van der Waals surface area contributed by atoms with Crippen LogP contribution in [0.15, 0.2) is 66.1 Å². The lowest BCUT2D eigenvalue weighted by Crippen LogP contribution is -2.48. The number of esters is 1. The third-order valence-electron chi connectivity index (χ3n) is 6.17. The first-order valence-corrected chi connectivity index (χ1v) is 11.1. The Morgan fingerprint density at radius 1 is 1.06 bits per heavy atom. The minimum Gasteiger partial charge on any atom is -0.510 e. The third kappa shape index (κ3) is 4.93. The molecule has 5 nitrogen and oxygen atoms in total. The molecule has 0 aromatic heterocycles. The van der Waals surface area contributed by atoms with Gasteiger partial charge in [0, 0.05) is 18.7 Å². The van der Waals surface area contributed by atoms with Crippen LogP contribution in [-0.2, 0) is 22.6 Å². The van der Waals surface area contributed by atoms with Crippen molar-refractivity contribution in [2.24, 2.45) is 5.92 Å². The molecule has 1 atom stereocenters. The number of ether oxygens (including phenoxy) is 1. The third-order valence-corrected chi connectivity index (χ3v) is 6.17. The average Bonchev–Trinajstić information content (AvgIpc) is 2.77. The van der Waals surface area contributed by atoms with Gasteiger partial charge in [-0.1, -0.05) is 63.2 Å². The molecular formula is C26H33NO4. The minimum absolute atomic E-state index is 0.0248. The molecule has 1 aliphatic heterocycles. The molecule has 0 fully saturated rings. The number of aliphatic hydroxyl groups is 2. The van der Waals surface area contributed by atoms with Crippen LogP contribution in [0.2, 0.25) is 0 Å². The lowest BCUT2D eigenvalue weighted by atomic mass is 9.79. The first-order chi connectivity index (χ1) is 14.9. The van der Waals surface area contributed by atoms with Crippen molar-refractivity contribution in [3.05, 3.63) is 77.2 Å². The van der Waals surface area contributed by atoms with Gasteiger partial charge in [-0.2, -0.15) is 0 Å². The lowest BCUT2D eigenvalue weighted by molar-refractivity contribution is -0.166. The van der Waals surface area contributed by atoms with Gasteiger partial charge in [-0.05, 0) is 48.4 Å². The van der Waals surface area contributed by atoms with E-state index in [1.165, 1.54) is 0 Å². The molecule has 166 valence electrons. The molecule has 0 saturated carbocycles. The van der Waals surface area contributed by atoms with Crippen molar-refractivity contribution in [3.8, 4) is 0 Å². The molecule has 3 rings (SSSR count). The van der Waals surface area contributed by atoms with Gasteiger partial charge < -0.3 is 19.8 Å². The van der Waals surface area contributed by atoms with Crippen molar-refractivity contribution in [3.63, 3.8) is 0 Å². The molecule has 0 spiro atoms. The second-order valence-electron chi connectivity index (χ2n) is 8.50. The maximum Gasteiger partial charge on any atom is 0.359 e. The van der Waals surface area contributed by atoms with Gasteiger partial charge in [0.25, 0.3) is 0 Å². The van der Waals surface area contributed by atoms with Crippen molar-refractivity contribution in [2.45, 2.75) is 58.7 Å². The molecule has 0 amide bonds. The molecule has 5 heteroatoms. The van der Waals surface area contributed by atoms with E-state index in [9.17, 15) is 15.0 Å². The quantitative estimate of drug-likeness (QED) is 0.547. The fourth-order valence-electron chi connectivity index (χ4n) is 4.27. The minimum atomic E-state index is -0.790. The molecule has 1 aliphatic rings. The van der Waals surface area contributed by atoms with Crippen LogP contribution in [0.25, 0.3) is 0 Å². The van der Waals surface area contributed by atoms with Gasteiger partial charge in [0.15, 0.2) is 5.70 Å². The molecule has 0 radical (unpaired) electrons. The van der Waals surface area contributed by atoms with E-state index in [0.29, 0.717) is 19.4 Å². The van der Waals surface area contributed by atoms with Gasteiger partial charge in [0.05, 0.1) is 6.61 Å². The summed E-state index contributed by atoms with van der Waals surface area (Å²) in [5.74, 6) is -0.374. The summed E-state index contributed by atoms with van der Waals surface area (Å²) in [5.41, 5.74) is 2.22. The van der Waals surface area contributed by atoms with E-state index in [2.05, 4.69) is 0 Å². The number of carbonyl (C=O) groups excluding carboxylic acids is 1. The van der Waals surface area contributed by atoms with Crippen molar-refractivity contribution in [1.82, 2.24) is 0 Å². The highest BCUT2D eigenvalue weighted by atomic mass is 16.6. The van der Waals surface area contributed by atoms with Crippen LogP contribution in [0.4, 0.5) is 5.69 Å². The smallest absolute Gasteiger partial charge is 0.359 e. The van der Waals surface area contributed by atoms with Crippen LogP contribution in [0.1, 0.15) is 51.2 Å². The van der Waals surface area contributed by atoms with Crippen molar-refractivity contribution >= 4 is 11.7 Å². The summed E-state index contributed by atoms with van der Waals surface area (Å²) in [4.78, 5) is 15.1. The van der Waals surface area contributed by atoms with E-state index < -0.39 is 11.6 Å². The highest BCUT2D eigenvalue weighted by molar-refractivity contribution is 5.94. The fourth-order valence-corrected chi connectivity index (χ4v) is 4.27. The van der Waals surface area contributed by atoms with Gasteiger partial charge in [-0.25, -0.2) is 4.79 Å². The van der Waals surface area contributed by atoms with E-state index in [4.69, 9.17) is 4.74 Å². The van der Waals surface area contributed by atoms with E-state index >= 15 is 0 Å². The molecular weight excluding hydrogens is 390 g/mol. The zero-order valence-electron chi connectivity index (χ0n) is 18.7. The second kappa shape index (κ2) is 10.0. The SMILES string of the molecule is CCCN(C1=C(O)CC(CCc2ccccc2CO)(C(C)C)OC1=O)c1ccccc1. The number of anilines is 1. The van der Waals surface area contributed by atoms with Crippen LogP contribution in [0, 0.1) is 5.92 Å². The molecule has 2 aromatic carbocycles. The molecule has 2 N–H and O–H groups in total. The maximum absolute atomic E-state index is 13.2. The highest BCUT2D eigenvalue weighted by Crippen LogP contribution is 2.40. The largest absolute Gasteiger partial charge is 0.510 e. The zero-order chi connectivity index (χ0) is 22.4. The summed E-state index contributed by atoms with van der Waals surface area (Å²) in [6.45, 7) is 6.66. The Morgan fingerprint density at radius 2 is 1.71 bits per heavy atom. The Balaban J connectivity index is 1.90. The van der Waals surface area contributed by atoms with Gasteiger partial charge in [-0.3, -0.25) is 0 Å². The van der Waals surface area contributed by atoms with E-state index in [1.54, 1.807) is 0 Å². The first kappa shape index (κ1) is 22.9. The molecule has 1 heterocycles. The summed E-state index contributed by atoms with van der Waals surface area (Å²) < 4.78 is 6.10. The van der Waals surface area contributed by atoms with Crippen LogP contribution in [0.5, 0.6) is 0 Å². The molecule has 2 aromatic rings. The standard InChI is InChI=1S/C26H33NO4/c1-4-16-27(22-12-6-5-7-13-22)24-23(29)17-26(19(2)3,31-25(24)30)15-14-20-10-8-9-11-21(20)18-28/h5-13,19,28-29H,4,14-18H2,1-3H3. The van der Waals surface area contributed by atoms with Crippen LogP contribution < -0.4 is 4.90 Å². The summed E-state index contributed by atoms with van der Waals surface area (Å²) in [7, 11) is 0. The number of hydrogen-bond acceptors (Lipinski definition) is 5. The number of aliphatic hydroxyl groups excluding tert-OH is 2. The monoisotopic (exact) mass is 423 g/mol. The van der Waals surface area contributed by atoms with E-state index in [0.717, 1.165) is 23.2 Å². The normalized spacial score (nSPS) is 18.9. The number of aryl methyl sites for hydroxylation is 1. The van der Waals surface area contributed by atoms with E-state index in [-0.39, 0.29) is 30.4 Å². The second-order valence-corrected chi connectivity index (χ2v) is 8.50. The van der Waals surface area contributed by atoms with Crippen molar-refractivity contribution < 1.29 is 19.7 Å². The number of rotatable bonds is 9. The summed E-state index contributed by atoms with van der Waals surface area (Å²) in [5, 5.41) is 20.7. The summed E-state index contributed by atoms with van der Waals surface area (Å²) >= 11 is 0. The molecule has 1 unspecified atom stereocenters. The molecule has 0 bridgehead atoms. The first-order valence-electron chi connectivity index (χ1n) is 11.1. The van der Waals surface area contributed by atoms with Crippen molar-refractivity contribution in [2.75, 3.05) is 11.4 Å². The Bertz CT molecular complexity index is 922. The predicted molar refractivity (Wildman–Crippen MR) is 123 cm³/mol. The Morgan fingerprint density at radius 3 is 2.29 bits per heavy atom. The Labute approximate surface area is 185 Å². The maximum atomic E-state index is 13.2. The number of cyclic esters (lactones) is 1. The molecule has 0 saturated heterocycles. The van der Waals surface area contributed by atoms with Gasteiger partial charge >= 0.3 is 5.97 Å². The molecule has 0 aliphatic carbocycles.